The van der Waals surface area contributed by atoms with Crippen LogP contribution < -0.4 is 10.1 Å². The molecule has 4 nitrogen and oxygen atoms in total. The average molecular weight is 312 g/mol. The molecule has 1 saturated heterocycles. The zero-order valence-electron chi connectivity index (χ0n) is 12.2. The van der Waals surface area contributed by atoms with Gasteiger partial charge in [0.1, 0.15) is 5.75 Å². The summed E-state index contributed by atoms with van der Waals surface area (Å²) in [6.45, 7) is 2.68. The highest BCUT2D eigenvalue weighted by Gasteiger charge is 2.23. The Hall–Kier alpha value is -2.27. The molecule has 0 spiro atoms. The molecule has 2 aromatic carbocycles. The van der Waals surface area contributed by atoms with E-state index in [0.29, 0.717) is 11.5 Å². The van der Waals surface area contributed by atoms with Gasteiger partial charge < -0.3 is 10.1 Å². The Kier molecular flexibility index (Phi) is 4.15. The number of hydrogen-bond donors (Lipinski definition) is 2. The van der Waals surface area contributed by atoms with Gasteiger partial charge in [-0.1, -0.05) is 37.3 Å². The van der Waals surface area contributed by atoms with Gasteiger partial charge in [0.25, 0.3) is 5.91 Å². The summed E-state index contributed by atoms with van der Waals surface area (Å²) in [5.74, 6) is 0.532. The lowest BCUT2D eigenvalue weighted by Crippen LogP contribution is -2.18. The molecule has 0 atom stereocenters. The van der Waals surface area contributed by atoms with Crippen molar-refractivity contribution in [2.45, 2.75) is 13.3 Å². The SMILES string of the molecule is CCCOc1ccc2ccccc2c1/C=C1\SC(=N)NC1=O. The molecule has 1 amide bonds. The first kappa shape index (κ1) is 14.7. The van der Waals surface area contributed by atoms with Crippen LogP contribution >= 0.6 is 11.8 Å². The van der Waals surface area contributed by atoms with Crippen LogP contribution in [-0.2, 0) is 4.79 Å². The number of amides is 1. The normalized spacial score (nSPS) is 16.3. The molecule has 3 rings (SSSR count). The first-order valence-electron chi connectivity index (χ1n) is 7.13. The molecule has 0 bridgehead atoms. The van der Waals surface area contributed by atoms with E-state index in [0.717, 1.165) is 40.3 Å². The van der Waals surface area contributed by atoms with E-state index in [4.69, 9.17) is 10.1 Å². The minimum Gasteiger partial charge on any atom is -0.493 e. The predicted octanol–water partition coefficient (Wildman–Crippen LogP) is 3.77. The summed E-state index contributed by atoms with van der Waals surface area (Å²) in [4.78, 5) is 12.4. The zero-order chi connectivity index (χ0) is 15.5. The number of nitrogens with one attached hydrogen (secondary N) is 2. The van der Waals surface area contributed by atoms with Crippen molar-refractivity contribution in [3.63, 3.8) is 0 Å². The fraction of sp³-hybridized carbons (Fsp3) is 0.176. The fourth-order valence-corrected chi connectivity index (χ4v) is 3.02. The molecule has 2 aromatic rings. The number of carbonyl (C=O) groups is 1. The Morgan fingerprint density at radius 2 is 2.09 bits per heavy atom. The van der Waals surface area contributed by atoms with Gasteiger partial charge in [-0.2, -0.15) is 0 Å². The number of carbonyl (C=O) groups excluding carboxylic acids is 1. The molecule has 0 aromatic heterocycles. The van der Waals surface area contributed by atoms with Crippen LogP contribution in [0.5, 0.6) is 5.75 Å². The van der Waals surface area contributed by atoms with E-state index in [1.54, 1.807) is 0 Å². The van der Waals surface area contributed by atoms with Crippen molar-refractivity contribution in [3.8, 4) is 5.75 Å². The minimum atomic E-state index is -0.232. The number of thioether (sulfide) groups is 1. The summed E-state index contributed by atoms with van der Waals surface area (Å²) in [5.41, 5.74) is 0.888. The molecule has 1 fully saturated rings. The highest BCUT2D eigenvalue weighted by molar-refractivity contribution is 8.18. The maximum Gasteiger partial charge on any atom is 0.264 e. The molecule has 0 saturated carbocycles. The van der Waals surface area contributed by atoms with Crippen LogP contribution in [0.4, 0.5) is 0 Å². The van der Waals surface area contributed by atoms with Gasteiger partial charge >= 0.3 is 0 Å². The van der Waals surface area contributed by atoms with Crippen LogP contribution in [-0.4, -0.2) is 17.7 Å². The van der Waals surface area contributed by atoms with Crippen molar-refractivity contribution in [2.24, 2.45) is 0 Å². The third kappa shape index (κ3) is 2.85. The van der Waals surface area contributed by atoms with E-state index in [1.807, 2.05) is 42.5 Å². The van der Waals surface area contributed by atoms with Gasteiger partial charge in [-0.3, -0.25) is 10.2 Å². The van der Waals surface area contributed by atoms with E-state index >= 15 is 0 Å². The van der Waals surface area contributed by atoms with Crippen LogP contribution in [0.1, 0.15) is 18.9 Å². The molecule has 2 N–H and O–H groups in total. The van der Waals surface area contributed by atoms with Crippen LogP contribution in [0.2, 0.25) is 0 Å². The maximum atomic E-state index is 11.9. The highest BCUT2D eigenvalue weighted by atomic mass is 32.2. The molecular weight excluding hydrogens is 296 g/mol. The van der Waals surface area contributed by atoms with Crippen molar-refractivity contribution in [2.75, 3.05) is 6.61 Å². The number of fused-ring (bicyclic) bond motifs is 1. The lowest BCUT2D eigenvalue weighted by atomic mass is 10.0. The Labute approximate surface area is 133 Å². The van der Waals surface area contributed by atoms with Gasteiger partial charge in [0.05, 0.1) is 11.5 Å². The van der Waals surface area contributed by atoms with Crippen molar-refractivity contribution < 1.29 is 9.53 Å². The highest BCUT2D eigenvalue weighted by Crippen LogP contribution is 2.33. The van der Waals surface area contributed by atoms with Crippen molar-refractivity contribution in [3.05, 3.63) is 46.9 Å². The summed E-state index contributed by atoms with van der Waals surface area (Å²) in [7, 11) is 0. The molecule has 5 heteroatoms. The smallest absolute Gasteiger partial charge is 0.264 e. The second-order valence-corrected chi connectivity index (χ2v) is 5.99. The summed E-state index contributed by atoms with van der Waals surface area (Å²) < 4.78 is 5.83. The number of ether oxygens (including phenoxy) is 1. The molecule has 1 aliphatic rings. The number of rotatable bonds is 4. The summed E-state index contributed by atoms with van der Waals surface area (Å²) >= 11 is 1.14. The lowest BCUT2D eigenvalue weighted by molar-refractivity contribution is -0.115. The third-order valence-electron chi connectivity index (χ3n) is 3.33. The topological polar surface area (TPSA) is 62.2 Å². The van der Waals surface area contributed by atoms with E-state index in [2.05, 4.69) is 12.2 Å². The molecule has 0 unspecified atom stereocenters. The van der Waals surface area contributed by atoms with Crippen molar-refractivity contribution in [1.29, 1.82) is 5.41 Å². The molecule has 1 heterocycles. The first-order valence-corrected chi connectivity index (χ1v) is 7.94. The second kappa shape index (κ2) is 6.23. The zero-order valence-corrected chi connectivity index (χ0v) is 13.0. The van der Waals surface area contributed by atoms with E-state index in [9.17, 15) is 4.79 Å². The van der Waals surface area contributed by atoms with Gasteiger partial charge in [0.2, 0.25) is 0 Å². The number of hydrogen-bond acceptors (Lipinski definition) is 4. The summed E-state index contributed by atoms with van der Waals surface area (Å²) in [6.07, 6.45) is 2.73. The molecule has 22 heavy (non-hydrogen) atoms. The second-order valence-electron chi connectivity index (χ2n) is 4.94. The van der Waals surface area contributed by atoms with Gasteiger partial charge in [-0.05, 0) is 41.1 Å². The Bertz CT molecular complexity index is 783. The fourth-order valence-electron chi connectivity index (χ4n) is 2.34. The standard InChI is InChI=1S/C17H16N2O2S/c1-2-9-21-14-8-7-11-5-3-4-6-12(11)13(14)10-15-16(20)19-17(18)22-15/h3-8,10H,2,9H2,1H3,(H2,18,19,20)/b15-10-. The molecular formula is C17H16N2O2S. The average Bonchev–Trinajstić information content (AvgIpc) is 2.84. The Morgan fingerprint density at radius 3 is 2.82 bits per heavy atom. The summed E-state index contributed by atoms with van der Waals surface area (Å²) in [6, 6.07) is 12.0. The van der Waals surface area contributed by atoms with Crippen molar-refractivity contribution >= 4 is 39.7 Å². The Morgan fingerprint density at radius 1 is 1.27 bits per heavy atom. The molecule has 0 radical (unpaired) electrons. The Balaban J connectivity index is 2.14. The number of amidine groups is 1. The van der Waals surface area contributed by atoms with Gasteiger partial charge in [0.15, 0.2) is 5.17 Å². The molecule has 0 aliphatic carbocycles. The largest absolute Gasteiger partial charge is 0.493 e. The quantitative estimate of drug-likeness (QED) is 0.845. The lowest BCUT2D eigenvalue weighted by Gasteiger charge is -2.11. The molecule has 112 valence electrons. The van der Waals surface area contributed by atoms with E-state index in [1.165, 1.54) is 0 Å². The van der Waals surface area contributed by atoms with Crippen molar-refractivity contribution in [1.82, 2.24) is 5.32 Å². The van der Waals surface area contributed by atoms with E-state index < -0.39 is 0 Å². The van der Waals surface area contributed by atoms with Crippen LogP contribution in [0.3, 0.4) is 0 Å². The van der Waals surface area contributed by atoms with Gasteiger partial charge in [-0.25, -0.2) is 0 Å². The van der Waals surface area contributed by atoms with Crippen LogP contribution in [0, 0.1) is 5.41 Å². The van der Waals surface area contributed by atoms with Gasteiger partial charge in [0, 0.05) is 5.56 Å². The minimum absolute atomic E-state index is 0.160. The number of benzene rings is 2. The molecule has 1 aliphatic heterocycles. The monoisotopic (exact) mass is 312 g/mol. The third-order valence-corrected chi connectivity index (χ3v) is 4.16. The first-order chi connectivity index (χ1) is 10.7. The van der Waals surface area contributed by atoms with E-state index in [-0.39, 0.29) is 11.1 Å². The predicted molar refractivity (Wildman–Crippen MR) is 91.2 cm³/mol. The van der Waals surface area contributed by atoms with Crippen LogP contribution in [0.15, 0.2) is 41.3 Å². The maximum absolute atomic E-state index is 11.9. The van der Waals surface area contributed by atoms with Crippen LogP contribution in [0.25, 0.3) is 16.8 Å². The summed E-state index contributed by atoms with van der Waals surface area (Å²) in [5, 5.41) is 12.3. The van der Waals surface area contributed by atoms with Gasteiger partial charge in [-0.15, -0.1) is 0 Å².